The Kier molecular flexibility index (Phi) is 7.30. The minimum absolute atomic E-state index is 0.130. The number of halogens is 1. The molecule has 0 spiro atoms. The highest BCUT2D eigenvalue weighted by Crippen LogP contribution is 2.30. The van der Waals surface area contributed by atoms with E-state index in [1.165, 1.54) is 0 Å². The van der Waals surface area contributed by atoms with Crippen molar-refractivity contribution in [2.24, 2.45) is 0 Å². The Labute approximate surface area is 179 Å². The molecule has 6 nitrogen and oxygen atoms in total. The second-order valence-corrected chi connectivity index (χ2v) is 8.71. The molecule has 9 heteroatoms. The number of rotatable bonds is 8. The van der Waals surface area contributed by atoms with Gasteiger partial charge in [-0.15, -0.1) is 11.3 Å². The molecule has 3 rings (SSSR count). The highest BCUT2D eigenvalue weighted by Gasteiger charge is 2.11. The zero-order chi connectivity index (χ0) is 19.9. The van der Waals surface area contributed by atoms with Crippen LogP contribution in [0.2, 0.25) is 0 Å². The summed E-state index contributed by atoms with van der Waals surface area (Å²) in [5.74, 6) is 1.36. The number of pyridine rings is 1. The summed E-state index contributed by atoms with van der Waals surface area (Å²) >= 11 is 6.58. The first-order chi connectivity index (χ1) is 13.5. The topological polar surface area (TPSA) is 73.3 Å². The van der Waals surface area contributed by atoms with Gasteiger partial charge in [0.25, 0.3) is 5.91 Å². The maximum Gasteiger partial charge on any atom is 0.262 e. The summed E-state index contributed by atoms with van der Waals surface area (Å²) in [7, 11) is 1.54. The number of carbonyl (C=O) groups excluding carboxylic acids is 1. The van der Waals surface area contributed by atoms with Crippen LogP contribution in [-0.4, -0.2) is 29.6 Å². The summed E-state index contributed by atoms with van der Waals surface area (Å²) in [5.41, 5.74) is 2.53. The molecule has 2 aromatic heterocycles. The second kappa shape index (κ2) is 9.90. The molecule has 0 saturated heterocycles. The molecule has 146 valence electrons. The number of thioether (sulfide) groups is 1. The average Bonchev–Trinajstić information content (AvgIpc) is 3.12. The zero-order valence-electron chi connectivity index (χ0n) is 15.3. The number of nitrogens with zero attached hydrogens (tertiary/aromatic N) is 2. The van der Waals surface area contributed by atoms with Crippen molar-refractivity contribution < 1.29 is 14.3 Å². The fourth-order valence-electron chi connectivity index (χ4n) is 2.22. The first kappa shape index (κ1) is 20.6. The first-order valence-corrected chi connectivity index (χ1v) is 11.0. The fourth-order valence-corrected chi connectivity index (χ4v) is 4.23. The van der Waals surface area contributed by atoms with Gasteiger partial charge >= 0.3 is 0 Å². The van der Waals surface area contributed by atoms with E-state index in [9.17, 15) is 4.79 Å². The molecule has 0 fully saturated rings. The van der Waals surface area contributed by atoms with Crippen molar-refractivity contribution in [3.05, 3.63) is 57.8 Å². The zero-order valence-corrected chi connectivity index (χ0v) is 18.5. The Morgan fingerprint density at radius 1 is 1.29 bits per heavy atom. The average molecular weight is 480 g/mol. The van der Waals surface area contributed by atoms with Gasteiger partial charge in [0, 0.05) is 33.1 Å². The van der Waals surface area contributed by atoms with E-state index >= 15 is 0 Å². The van der Waals surface area contributed by atoms with Crippen molar-refractivity contribution in [3.8, 4) is 11.5 Å². The van der Waals surface area contributed by atoms with Gasteiger partial charge in [-0.1, -0.05) is 27.7 Å². The number of aromatic nitrogens is 2. The Balaban J connectivity index is 1.59. The van der Waals surface area contributed by atoms with E-state index in [1.807, 2.05) is 36.6 Å². The minimum atomic E-state index is -0.254. The number of methoxy groups -OCH3 is 1. The van der Waals surface area contributed by atoms with Gasteiger partial charge in [0.1, 0.15) is 4.34 Å². The standard InChI is InChI=1S/C19H18BrN3O3S2/c1-12-10-27-19(22-12)28-11-15-7-16(17(25-2)8-21-15)26-9-18(24)23-14-5-3-13(20)4-6-14/h3-8,10H,9,11H2,1-2H3,(H,23,24). The van der Waals surface area contributed by atoms with Crippen LogP contribution in [0.15, 0.2) is 50.7 Å². The number of thiazole rings is 1. The summed E-state index contributed by atoms with van der Waals surface area (Å²) in [6.45, 7) is 1.84. The maximum atomic E-state index is 12.2. The molecule has 2 heterocycles. The third-order valence-electron chi connectivity index (χ3n) is 3.54. The highest BCUT2D eigenvalue weighted by atomic mass is 79.9. The third kappa shape index (κ3) is 5.95. The van der Waals surface area contributed by atoms with Crippen LogP contribution < -0.4 is 14.8 Å². The van der Waals surface area contributed by atoms with Crippen LogP contribution in [0.1, 0.15) is 11.4 Å². The van der Waals surface area contributed by atoms with E-state index in [0.717, 1.165) is 20.2 Å². The molecule has 0 aliphatic rings. The number of hydrogen-bond donors (Lipinski definition) is 1. The molecule has 1 amide bonds. The second-order valence-electron chi connectivity index (χ2n) is 5.71. The normalized spacial score (nSPS) is 10.5. The molecule has 0 aliphatic heterocycles. The largest absolute Gasteiger partial charge is 0.491 e. The van der Waals surface area contributed by atoms with Gasteiger partial charge in [0.2, 0.25) is 0 Å². The van der Waals surface area contributed by atoms with Gasteiger partial charge in [-0.3, -0.25) is 9.78 Å². The molecule has 0 atom stereocenters. The molecular weight excluding hydrogens is 462 g/mol. The number of hydrogen-bond acceptors (Lipinski definition) is 7. The van der Waals surface area contributed by atoms with E-state index in [-0.39, 0.29) is 12.5 Å². The van der Waals surface area contributed by atoms with Crippen molar-refractivity contribution in [1.82, 2.24) is 9.97 Å². The summed E-state index contributed by atoms with van der Waals surface area (Å²) in [5, 5.41) is 4.80. The quantitative estimate of drug-likeness (QED) is 0.461. The Hall–Kier alpha value is -2.10. The number of amides is 1. The van der Waals surface area contributed by atoms with E-state index in [0.29, 0.717) is 22.9 Å². The van der Waals surface area contributed by atoms with E-state index < -0.39 is 0 Å². The summed E-state index contributed by atoms with van der Waals surface area (Å²) in [6, 6.07) is 9.13. The molecule has 28 heavy (non-hydrogen) atoms. The van der Waals surface area contributed by atoms with Gasteiger partial charge in [-0.25, -0.2) is 4.98 Å². The molecule has 0 bridgehead atoms. The minimum Gasteiger partial charge on any atom is -0.491 e. The Morgan fingerprint density at radius 2 is 2.07 bits per heavy atom. The molecule has 3 aromatic rings. The lowest BCUT2D eigenvalue weighted by Crippen LogP contribution is -2.20. The molecule has 0 aliphatic carbocycles. The van der Waals surface area contributed by atoms with Gasteiger partial charge in [-0.2, -0.15) is 0 Å². The van der Waals surface area contributed by atoms with Crippen LogP contribution in [0, 0.1) is 6.92 Å². The van der Waals surface area contributed by atoms with Crippen LogP contribution in [0.25, 0.3) is 0 Å². The molecule has 1 N–H and O–H groups in total. The number of ether oxygens (including phenoxy) is 2. The number of anilines is 1. The van der Waals surface area contributed by atoms with Crippen molar-refractivity contribution in [1.29, 1.82) is 0 Å². The Morgan fingerprint density at radius 3 is 2.75 bits per heavy atom. The summed E-state index contributed by atoms with van der Waals surface area (Å²) in [4.78, 5) is 21.0. The van der Waals surface area contributed by atoms with Crippen LogP contribution in [0.4, 0.5) is 5.69 Å². The molecule has 0 unspecified atom stereocenters. The number of nitrogens with one attached hydrogen (secondary N) is 1. The van der Waals surface area contributed by atoms with Crippen molar-refractivity contribution in [2.75, 3.05) is 19.0 Å². The summed E-state index contributed by atoms with van der Waals surface area (Å²) in [6.07, 6.45) is 1.60. The number of benzene rings is 1. The molecule has 0 saturated carbocycles. The van der Waals surface area contributed by atoms with E-state index in [4.69, 9.17) is 9.47 Å². The van der Waals surface area contributed by atoms with Crippen molar-refractivity contribution >= 4 is 50.6 Å². The van der Waals surface area contributed by atoms with Gasteiger partial charge in [0.05, 0.1) is 19.0 Å². The predicted molar refractivity (Wildman–Crippen MR) is 115 cm³/mol. The lowest BCUT2D eigenvalue weighted by atomic mass is 10.3. The predicted octanol–water partition coefficient (Wildman–Crippen LogP) is 4.93. The first-order valence-electron chi connectivity index (χ1n) is 8.29. The summed E-state index contributed by atoms with van der Waals surface area (Å²) < 4.78 is 12.9. The smallest absolute Gasteiger partial charge is 0.262 e. The van der Waals surface area contributed by atoms with Crippen molar-refractivity contribution in [3.63, 3.8) is 0 Å². The molecule has 1 aromatic carbocycles. The monoisotopic (exact) mass is 479 g/mol. The lowest BCUT2D eigenvalue weighted by molar-refractivity contribution is -0.118. The molecular formula is C19H18BrN3O3S2. The van der Waals surface area contributed by atoms with Crippen molar-refractivity contribution in [2.45, 2.75) is 17.0 Å². The molecule has 0 radical (unpaired) electrons. The van der Waals surface area contributed by atoms with Gasteiger partial charge in [0.15, 0.2) is 18.1 Å². The van der Waals surface area contributed by atoms with Crippen LogP contribution in [-0.2, 0) is 10.5 Å². The maximum absolute atomic E-state index is 12.2. The van der Waals surface area contributed by atoms with Crippen LogP contribution in [0.5, 0.6) is 11.5 Å². The van der Waals surface area contributed by atoms with E-state index in [1.54, 1.807) is 42.5 Å². The fraction of sp³-hybridized carbons (Fsp3) is 0.211. The van der Waals surface area contributed by atoms with Crippen LogP contribution in [0.3, 0.4) is 0 Å². The lowest BCUT2D eigenvalue weighted by Gasteiger charge is -2.12. The van der Waals surface area contributed by atoms with E-state index in [2.05, 4.69) is 31.2 Å². The van der Waals surface area contributed by atoms with Crippen LogP contribution >= 0.6 is 39.0 Å². The SMILES string of the molecule is COc1cnc(CSc2nc(C)cs2)cc1OCC(=O)Nc1ccc(Br)cc1. The van der Waals surface area contributed by atoms with Gasteiger partial charge in [-0.05, 0) is 31.2 Å². The van der Waals surface area contributed by atoms with Gasteiger partial charge < -0.3 is 14.8 Å². The number of carbonyl (C=O) groups is 1. The Bertz CT molecular complexity index is 948. The number of aryl methyl sites for hydroxylation is 1. The third-order valence-corrected chi connectivity index (χ3v) is 6.24. The highest BCUT2D eigenvalue weighted by molar-refractivity contribution is 9.10.